The van der Waals surface area contributed by atoms with Crippen LogP contribution in [0.2, 0.25) is 0 Å². The summed E-state index contributed by atoms with van der Waals surface area (Å²) in [6, 6.07) is 8.17. The van der Waals surface area contributed by atoms with E-state index < -0.39 is 24.0 Å². The number of carbonyl (C=O) groups excluding carboxylic acids is 1. The highest BCUT2D eigenvalue weighted by molar-refractivity contribution is 6.00. The molecule has 0 saturated heterocycles. The largest absolute Gasteiger partial charge is 0.481 e. The second-order valence-electron chi connectivity index (χ2n) is 4.89. The molecule has 1 aromatic heterocycles. The Bertz CT molecular complexity index is 667. The minimum absolute atomic E-state index is 0.438. The van der Waals surface area contributed by atoms with Crippen molar-refractivity contribution in [3.05, 3.63) is 36.5 Å². The van der Waals surface area contributed by atoms with Gasteiger partial charge in [-0.15, -0.1) is 0 Å². The van der Waals surface area contributed by atoms with Crippen LogP contribution in [0.25, 0.3) is 10.9 Å². The Balaban J connectivity index is 2.10. The van der Waals surface area contributed by atoms with Crippen LogP contribution in [0.5, 0.6) is 0 Å². The van der Waals surface area contributed by atoms with E-state index in [1.807, 2.05) is 12.1 Å². The lowest BCUT2D eigenvalue weighted by molar-refractivity contribution is -0.141. The van der Waals surface area contributed by atoms with Crippen molar-refractivity contribution in [3.8, 4) is 0 Å². The molecule has 0 radical (unpaired) electrons. The first-order chi connectivity index (χ1) is 9.99. The fraction of sp³-hybridized carbons (Fsp3) is 0.267. The topological polar surface area (TPSA) is 91.3 Å². The Labute approximate surface area is 122 Å². The number of hydrogen-bond acceptors (Lipinski definition) is 3. The molecule has 0 spiro atoms. The molecular formula is C15H17N3O3. The number of carbonyl (C=O) groups is 2. The van der Waals surface area contributed by atoms with Crippen LogP contribution in [-0.2, 0) is 4.79 Å². The summed E-state index contributed by atoms with van der Waals surface area (Å²) in [6.45, 7) is 3.21. The summed E-state index contributed by atoms with van der Waals surface area (Å²) in [5.74, 6) is -1.61. The van der Waals surface area contributed by atoms with Crippen molar-refractivity contribution in [2.24, 2.45) is 5.92 Å². The molecule has 2 aromatic rings. The molecule has 110 valence electrons. The molecule has 1 aromatic carbocycles. The number of anilines is 1. The van der Waals surface area contributed by atoms with Crippen LogP contribution in [0.1, 0.15) is 13.8 Å². The summed E-state index contributed by atoms with van der Waals surface area (Å²) in [5, 5.41) is 15.1. The van der Waals surface area contributed by atoms with Crippen molar-refractivity contribution < 1.29 is 14.7 Å². The Morgan fingerprint density at radius 1 is 1.19 bits per heavy atom. The van der Waals surface area contributed by atoms with Crippen LogP contribution in [0.4, 0.5) is 10.5 Å². The van der Waals surface area contributed by atoms with E-state index in [4.69, 9.17) is 5.11 Å². The zero-order valence-electron chi connectivity index (χ0n) is 11.8. The van der Waals surface area contributed by atoms with Gasteiger partial charge in [0.1, 0.15) is 0 Å². The van der Waals surface area contributed by atoms with Gasteiger partial charge in [0.2, 0.25) is 0 Å². The van der Waals surface area contributed by atoms with E-state index in [0.717, 1.165) is 10.9 Å². The summed E-state index contributed by atoms with van der Waals surface area (Å²) in [6.07, 6.45) is 1.68. The number of hydrogen-bond donors (Lipinski definition) is 3. The van der Waals surface area contributed by atoms with Crippen LogP contribution in [0.15, 0.2) is 36.5 Å². The number of carboxylic acid groups (broad SMARTS) is 1. The van der Waals surface area contributed by atoms with Crippen molar-refractivity contribution in [2.45, 2.75) is 19.9 Å². The standard InChI is InChI=1S/C15H17N3O3/c1-9(14(19)20)10(2)17-15(21)18-13-7-3-6-12-11(13)5-4-8-16-12/h3-10H,1-2H3,(H,19,20)(H2,17,18,21). The molecule has 6 heteroatoms. The molecule has 0 aliphatic rings. The number of fused-ring (bicyclic) bond motifs is 1. The molecule has 2 atom stereocenters. The van der Waals surface area contributed by atoms with Gasteiger partial charge < -0.3 is 15.7 Å². The molecule has 2 amide bonds. The Morgan fingerprint density at radius 2 is 1.95 bits per heavy atom. The van der Waals surface area contributed by atoms with E-state index in [2.05, 4.69) is 15.6 Å². The second-order valence-corrected chi connectivity index (χ2v) is 4.89. The number of nitrogens with zero attached hydrogens (tertiary/aromatic N) is 1. The third-order valence-electron chi connectivity index (χ3n) is 3.39. The van der Waals surface area contributed by atoms with E-state index in [9.17, 15) is 9.59 Å². The fourth-order valence-electron chi connectivity index (χ4n) is 1.92. The molecule has 1 heterocycles. The first-order valence-corrected chi connectivity index (χ1v) is 6.63. The minimum Gasteiger partial charge on any atom is -0.481 e. The smallest absolute Gasteiger partial charge is 0.319 e. The molecule has 0 bridgehead atoms. The van der Waals surface area contributed by atoms with Gasteiger partial charge in [0, 0.05) is 17.6 Å². The Hall–Kier alpha value is -2.63. The maximum absolute atomic E-state index is 12.0. The summed E-state index contributed by atoms with van der Waals surface area (Å²) in [5.41, 5.74) is 1.41. The molecular weight excluding hydrogens is 270 g/mol. The van der Waals surface area contributed by atoms with Gasteiger partial charge in [-0.25, -0.2) is 4.79 Å². The normalized spacial score (nSPS) is 13.4. The van der Waals surface area contributed by atoms with E-state index in [1.54, 1.807) is 38.2 Å². The molecule has 2 unspecified atom stereocenters. The maximum atomic E-state index is 12.0. The SMILES string of the molecule is CC(NC(=O)Nc1cccc2ncccc12)C(C)C(=O)O. The summed E-state index contributed by atoms with van der Waals surface area (Å²) >= 11 is 0. The van der Waals surface area contributed by atoms with Gasteiger partial charge in [-0.2, -0.15) is 0 Å². The average Bonchev–Trinajstić information content (AvgIpc) is 2.46. The van der Waals surface area contributed by atoms with E-state index >= 15 is 0 Å². The van der Waals surface area contributed by atoms with Crippen molar-refractivity contribution in [2.75, 3.05) is 5.32 Å². The third-order valence-corrected chi connectivity index (χ3v) is 3.39. The monoisotopic (exact) mass is 287 g/mol. The van der Waals surface area contributed by atoms with Crippen molar-refractivity contribution >= 4 is 28.6 Å². The van der Waals surface area contributed by atoms with E-state index in [-0.39, 0.29) is 0 Å². The third kappa shape index (κ3) is 3.47. The number of urea groups is 1. The van der Waals surface area contributed by atoms with Gasteiger partial charge in [0.15, 0.2) is 0 Å². The quantitative estimate of drug-likeness (QED) is 0.805. The summed E-state index contributed by atoms with van der Waals surface area (Å²) < 4.78 is 0. The van der Waals surface area contributed by atoms with Gasteiger partial charge in [-0.05, 0) is 38.1 Å². The highest BCUT2D eigenvalue weighted by Crippen LogP contribution is 2.21. The minimum atomic E-state index is -0.947. The van der Waals surface area contributed by atoms with Gasteiger partial charge in [-0.3, -0.25) is 9.78 Å². The van der Waals surface area contributed by atoms with Gasteiger partial charge in [-0.1, -0.05) is 6.07 Å². The number of benzene rings is 1. The summed E-state index contributed by atoms with van der Waals surface area (Å²) in [4.78, 5) is 27.0. The van der Waals surface area contributed by atoms with Crippen molar-refractivity contribution in [1.29, 1.82) is 0 Å². The average molecular weight is 287 g/mol. The highest BCUT2D eigenvalue weighted by Gasteiger charge is 2.21. The van der Waals surface area contributed by atoms with Crippen LogP contribution < -0.4 is 10.6 Å². The van der Waals surface area contributed by atoms with E-state index in [1.165, 1.54) is 0 Å². The Morgan fingerprint density at radius 3 is 2.67 bits per heavy atom. The van der Waals surface area contributed by atoms with Crippen LogP contribution in [-0.4, -0.2) is 28.1 Å². The zero-order chi connectivity index (χ0) is 15.4. The maximum Gasteiger partial charge on any atom is 0.319 e. The summed E-state index contributed by atoms with van der Waals surface area (Å²) in [7, 11) is 0. The van der Waals surface area contributed by atoms with Crippen LogP contribution in [0, 0.1) is 5.92 Å². The number of aliphatic carboxylic acids is 1. The van der Waals surface area contributed by atoms with Crippen molar-refractivity contribution in [1.82, 2.24) is 10.3 Å². The number of pyridine rings is 1. The number of aromatic nitrogens is 1. The first kappa shape index (κ1) is 14.8. The number of rotatable bonds is 4. The lowest BCUT2D eigenvalue weighted by Gasteiger charge is -2.18. The van der Waals surface area contributed by atoms with Gasteiger partial charge >= 0.3 is 12.0 Å². The predicted molar refractivity (Wildman–Crippen MR) is 80.2 cm³/mol. The molecule has 0 aliphatic carbocycles. The molecule has 21 heavy (non-hydrogen) atoms. The van der Waals surface area contributed by atoms with Gasteiger partial charge in [0.25, 0.3) is 0 Å². The predicted octanol–water partition coefficient (Wildman–Crippen LogP) is 2.47. The van der Waals surface area contributed by atoms with E-state index in [0.29, 0.717) is 5.69 Å². The lowest BCUT2D eigenvalue weighted by Crippen LogP contribution is -2.42. The number of carboxylic acids is 1. The molecule has 6 nitrogen and oxygen atoms in total. The highest BCUT2D eigenvalue weighted by atomic mass is 16.4. The lowest BCUT2D eigenvalue weighted by atomic mass is 10.0. The number of amides is 2. The second kappa shape index (κ2) is 6.21. The van der Waals surface area contributed by atoms with Crippen molar-refractivity contribution in [3.63, 3.8) is 0 Å². The molecule has 0 aliphatic heterocycles. The first-order valence-electron chi connectivity index (χ1n) is 6.63. The van der Waals surface area contributed by atoms with Crippen LogP contribution in [0.3, 0.4) is 0 Å². The number of nitrogens with one attached hydrogen (secondary N) is 2. The van der Waals surface area contributed by atoms with Gasteiger partial charge in [0.05, 0.1) is 17.1 Å². The molecule has 0 fully saturated rings. The molecule has 0 saturated carbocycles. The Kier molecular flexibility index (Phi) is 4.37. The van der Waals surface area contributed by atoms with Crippen LogP contribution >= 0.6 is 0 Å². The fourth-order valence-corrected chi connectivity index (χ4v) is 1.92. The molecule has 2 rings (SSSR count). The zero-order valence-corrected chi connectivity index (χ0v) is 11.8. The molecule has 3 N–H and O–H groups in total.